The lowest BCUT2D eigenvalue weighted by atomic mass is 9.95. The highest BCUT2D eigenvalue weighted by Crippen LogP contribution is 2.42. The molecule has 0 spiro atoms. The highest BCUT2D eigenvalue weighted by Gasteiger charge is 2.43. The Bertz CT molecular complexity index is 769. The van der Waals surface area contributed by atoms with Crippen LogP contribution >= 0.6 is 0 Å². The molecule has 1 atom stereocenters. The summed E-state index contributed by atoms with van der Waals surface area (Å²) in [6.45, 7) is 1.29. The van der Waals surface area contributed by atoms with Crippen LogP contribution in [-0.2, 0) is 14.4 Å². The summed E-state index contributed by atoms with van der Waals surface area (Å²) in [6.07, 6.45) is -0.117. The smallest absolute Gasteiger partial charge is 0.290 e. The fourth-order valence-electron chi connectivity index (χ4n) is 3.01. The lowest BCUT2D eigenvalue weighted by Gasteiger charge is -2.28. The van der Waals surface area contributed by atoms with Crippen LogP contribution in [0.25, 0.3) is 0 Å². The van der Waals surface area contributed by atoms with E-state index >= 15 is 0 Å². The van der Waals surface area contributed by atoms with E-state index in [-0.39, 0.29) is 25.0 Å². The monoisotopic (exact) mass is 362 g/mol. The van der Waals surface area contributed by atoms with E-state index in [2.05, 4.69) is 0 Å². The molecule has 0 aliphatic carbocycles. The summed E-state index contributed by atoms with van der Waals surface area (Å²) in [4.78, 5) is 36.4. The Morgan fingerprint density at radius 3 is 2.50 bits per heavy atom. The molecule has 26 heavy (non-hydrogen) atoms. The van der Waals surface area contributed by atoms with Gasteiger partial charge in [-0.15, -0.1) is 0 Å². The number of aliphatic carboxylic acids is 1. The zero-order valence-electron chi connectivity index (χ0n) is 14.8. The van der Waals surface area contributed by atoms with Gasteiger partial charge in [0.1, 0.15) is 11.5 Å². The first kappa shape index (κ1) is 19.3. The van der Waals surface area contributed by atoms with E-state index in [1.165, 1.54) is 26.0 Å². The fourth-order valence-corrected chi connectivity index (χ4v) is 3.01. The van der Waals surface area contributed by atoms with Crippen molar-refractivity contribution in [3.05, 3.63) is 35.1 Å². The van der Waals surface area contributed by atoms with Crippen LogP contribution in [0.2, 0.25) is 0 Å². The molecule has 0 aromatic heterocycles. The van der Waals surface area contributed by atoms with Gasteiger partial charge in [0.05, 0.1) is 25.8 Å². The number of rotatable bonds is 8. The largest absolute Gasteiger partial charge is 0.550 e. The van der Waals surface area contributed by atoms with Gasteiger partial charge in [-0.3, -0.25) is 9.59 Å². The number of methoxy groups -OCH3 is 2. The van der Waals surface area contributed by atoms with Crippen molar-refractivity contribution in [3.8, 4) is 11.5 Å². The summed E-state index contributed by atoms with van der Waals surface area (Å²) in [6, 6.07) is 4.02. The number of nitrogens with zero attached hydrogens (tertiary/aromatic N) is 1. The van der Waals surface area contributed by atoms with Gasteiger partial charge in [0.15, 0.2) is 11.5 Å². The van der Waals surface area contributed by atoms with E-state index in [0.29, 0.717) is 17.1 Å². The second-order valence-corrected chi connectivity index (χ2v) is 5.80. The minimum Gasteiger partial charge on any atom is -0.550 e. The standard InChI is InChI=1S/C18H21NO7/c1-10(20)15-16(12-7-6-11(25-2)9-13(12)26-3)19(18(24)17(15)23)8-4-5-14(21)22/h6-7,9,16,23H,4-5,8H2,1-3H3,(H,21,22)/p-1/t16-/m1/s1. The van der Waals surface area contributed by atoms with Crippen LogP contribution in [0, 0.1) is 0 Å². The van der Waals surface area contributed by atoms with Gasteiger partial charge >= 0.3 is 0 Å². The molecule has 0 bridgehead atoms. The van der Waals surface area contributed by atoms with E-state index in [1.54, 1.807) is 18.2 Å². The summed E-state index contributed by atoms with van der Waals surface area (Å²) in [7, 11) is 2.93. The maximum absolute atomic E-state index is 12.4. The van der Waals surface area contributed by atoms with E-state index < -0.39 is 29.5 Å². The number of carboxylic acids is 1. The Balaban J connectivity index is 2.49. The zero-order chi connectivity index (χ0) is 19.4. The van der Waals surface area contributed by atoms with Gasteiger partial charge in [0, 0.05) is 24.1 Å². The number of hydrogen-bond acceptors (Lipinski definition) is 7. The van der Waals surface area contributed by atoms with E-state index in [0.717, 1.165) is 0 Å². The molecule has 1 aliphatic rings. The molecule has 1 amide bonds. The van der Waals surface area contributed by atoms with Crippen molar-refractivity contribution in [2.45, 2.75) is 25.8 Å². The predicted molar refractivity (Wildman–Crippen MR) is 88.6 cm³/mol. The predicted octanol–water partition coefficient (Wildman–Crippen LogP) is 0.518. The first-order valence-electron chi connectivity index (χ1n) is 7.98. The summed E-state index contributed by atoms with van der Waals surface area (Å²) in [5.74, 6) is -2.15. The number of benzene rings is 1. The average Bonchev–Trinajstić information content (AvgIpc) is 2.85. The van der Waals surface area contributed by atoms with Gasteiger partial charge in [-0.05, 0) is 31.9 Å². The number of ether oxygens (including phenoxy) is 2. The summed E-state index contributed by atoms with van der Waals surface area (Å²) >= 11 is 0. The number of amides is 1. The molecule has 8 heteroatoms. The molecule has 0 unspecified atom stereocenters. The third-order valence-electron chi connectivity index (χ3n) is 4.20. The molecule has 0 fully saturated rings. The Kier molecular flexibility index (Phi) is 5.86. The van der Waals surface area contributed by atoms with Crippen molar-refractivity contribution in [1.82, 2.24) is 4.90 Å². The van der Waals surface area contributed by atoms with Crippen molar-refractivity contribution >= 4 is 17.7 Å². The van der Waals surface area contributed by atoms with Crippen LogP contribution in [0.15, 0.2) is 29.5 Å². The van der Waals surface area contributed by atoms with Crippen LogP contribution in [0.4, 0.5) is 0 Å². The molecule has 8 nitrogen and oxygen atoms in total. The number of carbonyl (C=O) groups excluding carboxylic acids is 3. The fraction of sp³-hybridized carbons (Fsp3) is 0.389. The van der Waals surface area contributed by atoms with Crippen LogP contribution in [0.1, 0.15) is 31.4 Å². The van der Waals surface area contributed by atoms with Crippen molar-refractivity contribution in [2.24, 2.45) is 0 Å². The molecule has 1 N–H and O–H groups in total. The molecular weight excluding hydrogens is 342 g/mol. The van der Waals surface area contributed by atoms with Crippen molar-refractivity contribution in [2.75, 3.05) is 20.8 Å². The quantitative estimate of drug-likeness (QED) is 0.716. The third-order valence-corrected chi connectivity index (χ3v) is 4.20. The Morgan fingerprint density at radius 1 is 1.27 bits per heavy atom. The minimum atomic E-state index is -1.24. The summed E-state index contributed by atoms with van der Waals surface area (Å²) < 4.78 is 10.5. The molecule has 1 aromatic carbocycles. The highest BCUT2D eigenvalue weighted by atomic mass is 16.5. The number of Topliss-reactive ketones (excluding diaryl/α,β-unsaturated/α-hetero) is 1. The van der Waals surface area contributed by atoms with Gasteiger partial charge in [-0.1, -0.05) is 0 Å². The van der Waals surface area contributed by atoms with Crippen molar-refractivity contribution in [3.63, 3.8) is 0 Å². The van der Waals surface area contributed by atoms with Gasteiger partial charge in [-0.25, -0.2) is 0 Å². The second-order valence-electron chi connectivity index (χ2n) is 5.80. The molecule has 1 aromatic rings. The molecule has 0 saturated carbocycles. The molecule has 2 rings (SSSR count). The average molecular weight is 362 g/mol. The van der Waals surface area contributed by atoms with E-state index in [4.69, 9.17) is 9.47 Å². The van der Waals surface area contributed by atoms with Gasteiger partial charge < -0.3 is 29.4 Å². The lowest BCUT2D eigenvalue weighted by molar-refractivity contribution is -0.305. The number of carbonyl (C=O) groups is 3. The van der Waals surface area contributed by atoms with Crippen LogP contribution in [-0.4, -0.2) is 48.4 Å². The van der Waals surface area contributed by atoms with Crippen LogP contribution in [0.5, 0.6) is 11.5 Å². The van der Waals surface area contributed by atoms with Gasteiger partial charge in [0.2, 0.25) is 0 Å². The maximum Gasteiger partial charge on any atom is 0.290 e. The first-order valence-corrected chi connectivity index (χ1v) is 7.98. The number of carboxylic acid groups (broad SMARTS) is 1. The van der Waals surface area contributed by atoms with Crippen LogP contribution < -0.4 is 14.6 Å². The molecule has 0 saturated heterocycles. The third kappa shape index (κ3) is 3.63. The normalized spacial score (nSPS) is 16.8. The molecule has 140 valence electrons. The molecule has 0 radical (unpaired) electrons. The maximum atomic E-state index is 12.4. The number of aliphatic hydroxyl groups excluding tert-OH is 1. The molecule has 1 heterocycles. The number of hydrogen-bond donors (Lipinski definition) is 1. The summed E-state index contributed by atoms with van der Waals surface area (Å²) in [5, 5.41) is 20.8. The molecule has 1 aliphatic heterocycles. The lowest BCUT2D eigenvalue weighted by Crippen LogP contribution is -2.33. The SMILES string of the molecule is COc1ccc([C@@H]2C(C(C)=O)=C(O)C(=O)N2CCCC(=O)[O-])c(OC)c1. The molecular formula is C18H20NO7-. The Labute approximate surface area is 150 Å². The van der Waals surface area contributed by atoms with Gasteiger partial charge in [-0.2, -0.15) is 0 Å². The minimum absolute atomic E-state index is 0.0352. The Morgan fingerprint density at radius 2 is 1.96 bits per heavy atom. The first-order chi connectivity index (χ1) is 12.3. The topological polar surface area (TPSA) is 116 Å². The van der Waals surface area contributed by atoms with Gasteiger partial charge in [0.25, 0.3) is 5.91 Å². The zero-order valence-corrected chi connectivity index (χ0v) is 14.8. The van der Waals surface area contributed by atoms with Crippen molar-refractivity contribution in [1.29, 1.82) is 0 Å². The van der Waals surface area contributed by atoms with Crippen LogP contribution in [0.3, 0.4) is 0 Å². The highest BCUT2D eigenvalue weighted by molar-refractivity contribution is 6.08. The summed E-state index contributed by atoms with van der Waals surface area (Å²) in [5.41, 5.74) is 0.441. The Hall–Kier alpha value is -3.03. The van der Waals surface area contributed by atoms with E-state index in [1.807, 2.05) is 0 Å². The second kappa shape index (κ2) is 7.90. The number of ketones is 1. The van der Waals surface area contributed by atoms with E-state index in [9.17, 15) is 24.6 Å². The van der Waals surface area contributed by atoms with Crippen molar-refractivity contribution < 1.29 is 34.1 Å². The number of aliphatic hydroxyl groups is 1.